The second kappa shape index (κ2) is 7.74. The minimum absolute atomic E-state index is 0.0534. The van der Waals surface area contributed by atoms with Gasteiger partial charge in [0.05, 0.1) is 0 Å². The number of alkyl halides is 2. The van der Waals surface area contributed by atoms with Crippen LogP contribution in [0.2, 0.25) is 0 Å². The number of carbonyl (C=O) groups is 1. The van der Waals surface area contributed by atoms with E-state index in [-0.39, 0.29) is 6.54 Å². The third kappa shape index (κ3) is 5.00. The van der Waals surface area contributed by atoms with Crippen LogP contribution >= 0.6 is 11.8 Å². The Morgan fingerprint density at radius 2 is 1.77 bits per heavy atom. The number of thioether (sulfide) groups is 1. The second-order valence-corrected chi connectivity index (χ2v) is 5.37. The molecular formula is C15H13F3N2OS. The van der Waals surface area contributed by atoms with Gasteiger partial charge >= 0.3 is 6.03 Å². The van der Waals surface area contributed by atoms with Crippen molar-refractivity contribution >= 4 is 23.5 Å². The summed E-state index contributed by atoms with van der Waals surface area (Å²) in [6.07, 6.45) is 0. The summed E-state index contributed by atoms with van der Waals surface area (Å²) in [5.74, 6) is -2.88. The quantitative estimate of drug-likeness (QED) is 0.796. The zero-order valence-corrected chi connectivity index (χ0v) is 12.2. The van der Waals surface area contributed by atoms with Gasteiger partial charge in [-0.05, 0) is 30.3 Å². The Morgan fingerprint density at radius 3 is 2.41 bits per heavy atom. The van der Waals surface area contributed by atoms with Gasteiger partial charge < -0.3 is 10.6 Å². The van der Waals surface area contributed by atoms with Crippen molar-refractivity contribution in [3.05, 3.63) is 59.9 Å². The van der Waals surface area contributed by atoms with E-state index in [1.165, 1.54) is 30.3 Å². The van der Waals surface area contributed by atoms with E-state index in [1.54, 1.807) is 18.2 Å². The van der Waals surface area contributed by atoms with E-state index in [1.807, 2.05) is 0 Å². The zero-order valence-electron chi connectivity index (χ0n) is 11.4. The number of benzene rings is 2. The Bertz CT molecular complexity index is 635. The number of nitrogens with one attached hydrogen (secondary N) is 2. The molecule has 0 fully saturated rings. The number of rotatable bonds is 5. The molecule has 0 radical (unpaired) electrons. The van der Waals surface area contributed by atoms with Gasteiger partial charge in [0.15, 0.2) is 0 Å². The molecule has 0 aromatic heterocycles. The predicted molar refractivity (Wildman–Crippen MR) is 80.6 cm³/mol. The minimum Gasteiger partial charge on any atom is -0.334 e. The zero-order chi connectivity index (χ0) is 15.9. The molecule has 0 saturated carbocycles. The fourth-order valence-corrected chi connectivity index (χ4v) is 2.21. The van der Waals surface area contributed by atoms with Crippen molar-refractivity contribution in [3.8, 4) is 0 Å². The molecule has 22 heavy (non-hydrogen) atoms. The SMILES string of the molecule is O=C(NCc1ccccc1F)Nc1ccc(SC(F)F)cc1. The van der Waals surface area contributed by atoms with Gasteiger partial charge in [-0.3, -0.25) is 0 Å². The summed E-state index contributed by atoms with van der Waals surface area (Å²) >= 11 is 0.432. The molecule has 0 heterocycles. The van der Waals surface area contributed by atoms with Crippen LogP contribution in [0.3, 0.4) is 0 Å². The lowest BCUT2D eigenvalue weighted by Gasteiger charge is -2.09. The topological polar surface area (TPSA) is 41.1 Å². The van der Waals surface area contributed by atoms with Crippen molar-refractivity contribution in [1.82, 2.24) is 5.32 Å². The number of amides is 2. The van der Waals surface area contributed by atoms with Crippen LogP contribution in [0.25, 0.3) is 0 Å². The first-order valence-electron chi connectivity index (χ1n) is 6.38. The summed E-state index contributed by atoms with van der Waals surface area (Å²) in [4.78, 5) is 12.1. The van der Waals surface area contributed by atoms with Gasteiger partial charge in [0, 0.05) is 22.7 Å². The predicted octanol–water partition coefficient (Wildman–Crippen LogP) is 4.46. The van der Waals surface area contributed by atoms with E-state index in [4.69, 9.17) is 0 Å². The summed E-state index contributed by atoms with van der Waals surface area (Å²) in [5.41, 5.74) is 0.839. The molecule has 3 nitrogen and oxygen atoms in total. The van der Waals surface area contributed by atoms with Crippen molar-refractivity contribution in [2.75, 3.05) is 5.32 Å². The molecule has 0 spiro atoms. The van der Waals surface area contributed by atoms with Gasteiger partial charge in [-0.15, -0.1) is 0 Å². The average Bonchev–Trinajstić information content (AvgIpc) is 2.48. The molecule has 7 heteroatoms. The van der Waals surface area contributed by atoms with Crippen molar-refractivity contribution < 1.29 is 18.0 Å². The molecule has 0 saturated heterocycles. The van der Waals surface area contributed by atoms with Gasteiger partial charge in [0.1, 0.15) is 5.82 Å². The molecule has 0 atom stereocenters. The number of carbonyl (C=O) groups excluding carboxylic acids is 1. The highest BCUT2D eigenvalue weighted by Gasteiger charge is 2.07. The lowest BCUT2D eigenvalue weighted by atomic mass is 10.2. The van der Waals surface area contributed by atoms with Crippen LogP contribution in [-0.4, -0.2) is 11.8 Å². The van der Waals surface area contributed by atoms with Crippen LogP contribution < -0.4 is 10.6 Å². The maximum Gasteiger partial charge on any atom is 0.319 e. The lowest BCUT2D eigenvalue weighted by Crippen LogP contribution is -2.28. The molecule has 0 unspecified atom stereocenters. The smallest absolute Gasteiger partial charge is 0.319 e. The van der Waals surface area contributed by atoms with Gasteiger partial charge in [-0.25, -0.2) is 9.18 Å². The van der Waals surface area contributed by atoms with E-state index in [2.05, 4.69) is 10.6 Å². The van der Waals surface area contributed by atoms with E-state index in [9.17, 15) is 18.0 Å². The van der Waals surface area contributed by atoms with Gasteiger partial charge in [-0.2, -0.15) is 8.78 Å². The first-order chi connectivity index (χ1) is 10.5. The summed E-state index contributed by atoms with van der Waals surface area (Å²) < 4.78 is 37.7. The molecule has 0 bridgehead atoms. The summed E-state index contributed by atoms with van der Waals surface area (Å²) in [7, 11) is 0. The third-order valence-corrected chi connectivity index (χ3v) is 3.46. The Morgan fingerprint density at radius 1 is 1.09 bits per heavy atom. The molecule has 2 aromatic carbocycles. The minimum atomic E-state index is -2.48. The monoisotopic (exact) mass is 326 g/mol. The lowest BCUT2D eigenvalue weighted by molar-refractivity contribution is 0.251. The second-order valence-electron chi connectivity index (χ2n) is 4.30. The summed E-state index contributed by atoms with van der Waals surface area (Å²) in [5, 5.41) is 5.06. The van der Waals surface area contributed by atoms with E-state index >= 15 is 0 Å². The summed E-state index contributed by atoms with van der Waals surface area (Å²) in [6.45, 7) is 0.0534. The van der Waals surface area contributed by atoms with Crippen LogP contribution in [0, 0.1) is 5.82 Å². The van der Waals surface area contributed by atoms with Crippen LogP contribution in [0.4, 0.5) is 23.7 Å². The highest BCUT2D eigenvalue weighted by Crippen LogP contribution is 2.26. The Hall–Kier alpha value is -2.15. The highest BCUT2D eigenvalue weighted by atomic mass is 32.2. The van der Waals surface area contributed by atoms with Gasteiger partial charge in [0.2, 0.25) is 0 Å². The van der Waals surface area contributed by atoms with Crippen molar-refractivity contribution in [3.63, 3.8) is 0 Å². The normalized spacial score (nSPS) is 10.5. The number of halogens is 3. The molecule has 2 amide bonds. The maximum atomic E-state index is 13.4. The van der Waals surface area contributed by atoms with E-state index in [0.717, 1.165) is 0 Å². The van der Waals surface area contributed by atoms with Crippen molar-refractivity contribution in [2.24, 2.45) is 0 Å². The maximum absolute atomic E-state index is 13.4. The Kier molecular flexibility index (Phi) is 5.71. The largest absolute Gasteiger partial charge is 0.334 e. The molecule has 0 aliphatic heterocycles. The highest BCUT2D eigenvalue weighted by molar-refractivity contribution is 7.99. The average molecular weight is 326 g/mol. The number of anilines is 1. The fraction of sp³-hybridized carbons (Fsp3) is 0.133. The fourth-order valence-electron chi connectivity index (χ4n) is 1.71. The van der Waals surface area contributed by atoms with Crippen LogP contribution in [-0.2, 0) is 6.54 Å². The molecule has 116 valence electrons. The molecule has 2 rings (SSSR count). The van der Waals surface area contributed by atoms with Crippen molar-refractivity contribution in [2.45, 2.75) is 17.2 Å². The summed E-state index contributed by atoms with van der Waals surface area (Å²) in [6, 6.07) is 11.7. The number of hydrogen-bond donors (Lipinski definition) is 2. The van der Waals surface area contributed by atoms with Crippen LogP contribution in [0.15, 0.2) is 53.4 Å². The van der Waals surface area contributed by atoms with Crippen molar-refractivity contribution in [1.29, 1.82) is 0 Å². The van der Waals surface area contributed by atoms with E-state index < -0.39 is 17.6 Å². The first kappa shape index (κ1) is 16.2. The Balaban J connectivity index is 1.85. The third-order valence-electron chi connectivity index (χ3n) is 2.73. The molecule has 0 aliphatic rings. The van der Waals surface area contributed by atoms with Crippen LogP contribution in [0.1, 0.15) is 5.56 Å². The standard InChI is InChI=1S/C15H13F3N2OS/c16-13-4-2-1-3-10(13)9-19-15(21)20-11-5-7-12(8-6-11)22-14(17)18/h1-8,14H,9H2,(H2,19,20,21). The van der Waals surface area contributed by atoms with Crippen LogP contribution in [0.5, 0.6) is 0 Å². The molecule has 2 N–H and O–H groups in total. The van der Waals surface area contributed by atoms with E-state index in [0.29, 0.717) is 27.9 Å². The molecular weight excluding hydrogens is 313 g/mol. The Labute approximate surface area is 129 Å². The molecule has 0 aliphatic carbocycles. The van der Waals surface area contributed by atoms with Gasteiger partial charge in [0.25, 0.3) is 5.76 Å². The first-order valence-corrected chi connectivity index (χ1v) is 7.25. The molecule has 2 aromatic rings. The number of hydrogen-bond acceptors (Lipinski definition) is 2. The van der Waals surface area contributed by atoms with Gasteiger partial charge in [-0.1, -0.05) is 30.0 Å². The number of urea groups is 1.